The number of tetrazole rings is 1. The van der Waals surface area contributed by atoms with Crippen LogP contribution < -0.4 is 10.2 Å². The second kappa shape index (κ2) is 6.62. The zero-order chi connectivity index (χ0) is 17.1. The van der Waals surface area contributed by atoms with Gasteiger partial charge in [0.2, 0.25) is 5.91 Å². The van der Waals surface area contributed by atoms with E-state index in [1.165, 1.54) is 10.9 Å². The highest BCUT2D eigenvalue weighted by molar-refractivity contribution is 5.80. The number of benzene rings is 1. The molecule has 1 aromatic carbocycles. The lowest BCUT2D eigenvalue weighted by Gasteiger charge is -2.19. The van der Waals surface area contributed by atoms with Gasteiger partial charge in [0.15, 0.2) is 5.82 Å². The summed E-state index contributed by atoms with van der Waals surface area (Å²) in [5, 5.41) is 23.1. The first-order valence-corrected chi connectivity index (χ1v) is 7.52. The van der Waals surface area contributed by atoms with Crippen molar-refractivity contribution < 1.29 is 9.18 Å². The Labute approximate surface area is 137 Å². The van der Waals surface area contributed by atoms with E-state index < -0.39 is 5.82 Å². The van der Waals surface area contributed by atoms with Crippen LogP contribution in [0.3, 0.4) is 0 Å². The van der Waals surface area contributed by atoms with E-state index in [0.29, 0.717) is 31.0 Å². The molecule has 1 unspecified atom stereocenters. The van der Waals surface area contributed by atoms with Gasteiger partial charge in [-0.1, -0.05) is 0 Å². The third kappa shape index (κ3) is 3.32. The molecule has 0 spiro atoms. The third-order valence-corrected chi connectivity index (χ3v) is 3.95. The van der Waals surface area contributed by atoms with Crippen molar-refractivity contribution >= 4 is 11.6 Å². The molecule has 124 valence electrons. The highest BCUT2D eigenvalue weighted by atomic mass is 19.1. The molecule has 1 aliphatic rings. The van der Waals surface area contributed by atoms with Crippen molar-refractivity contribution in [3.8, 4) is 6.07 Å². The van der Waals surface area contributed by atoms with Crippen LogP contribution in [-0.4, -0.2) is 39.2 Å². The van der Waals surface area contributed by atoms with Gasteiger partial charge in [-0.05, 0) is 29.8 Å². The fourth-order valence-electron chi connectivity index (χ4n) is 2.73. The molecule has 0 radical (unpaired) electrons. The van der Waals surface area contributed by atoms with Crippen LogP contribution >= 0.6 is 0 Å². The van der Waals surface area contributed by atoms with Crippen molar-refractivity contribution in [2.75, 3.05) is 18.0 Å². The summed E-state index contributed by atoms with van der Waals surface area (Å²) in [5.74, 6) is -0.339. The summed E-state index contributed by atoms with van der Waals surface area (Å²) in [5.41, 5.74) is 0.695. The molecule has 0 bridgehead atoms. The fraction of sp³-hybridized carbons (Fsp3) is 0.400. The quantitative estimate of drug-likeness (QED) is 0.869. The Morgan fingerprint density at radius 2 is 2.38 bits per heavy atom. The Bertz CT molecular complexity index is 797. The molecule has 1 fully saturated rings. The van der Waals surface area contributed by atoms with Crippen LogP contribution in [0.5, 0.6) is 0 Å². The molecule has 3 rings (SSSR count). The van der Waals surface area contributed by atoms with Crippen LogP contribution in [0.25, 0.3) is 0 Å². The Hall–Kier alpha value is -3.02. The number of carbonyl (C=O) groups excluding carboxylic acids is 1. The van der Waals surface area contributed by atoms with Gasteiger partial charge in [-0.25, -0.2) is 4.39 Å². The number of hydrogen-bond acceptors (Lipinski definition) is 6. The Morgan fingerprint density at radius 3 is 3.04 bits per heavy atom. The van der Waals surface area contributed by atoms with Crippen LogP contribution in [0.15, 0.2) is 18.2 Å². The molecule has 1 aromatic heterocycles. The maximum Gasteiger partial charge on any atom is 0.225 e. The zero-order valence-electron chi connectivity index (χ0n) is 13.1. The Morgan fingerprint density at radius 1 is 1.54 bits per heavy atom. The van der Waals surface area contributed by atoms with Crippen LogP contribution in [0.4, 0.5) is 10.1 Å². The minimum Gasteiger partial charge on any atom is -0.368 e. The predicted octanol–water partition coefficient (Wildman–Crippen LogP) is 0.364. The van der Waals surface area contributed by atoms with E-state index in [4.69, 9.17) is 5.26 Å². The average Bonchev–Trinajstić information content (AvgIpc) is 3.21. The number of halogens is 1. The number of aryl methyl sites for hydroxylation is 1. The number of amides is 1. The Kier molecular flexibility index (Phi) is 4.37. The number of nitrogens with one attached hydrogen (secondary N) is 1. The van der Waals surface area contributed by atoms with Crippen LogP contribution in [0.2, 0.25) is 0 Å². The minimum atomic E-state index is -0.445. The summed E-state index contributed by atoms with van der Waals surface area (Å²) < 4.78 is 14.1. The van der Waals surface area contributed by atoms with Gasteiger partial charge in [-0.3, -0.25) is 4.79 Å². The van der Waals surface area contributed by atoms with E-state index in [9.17, 15) is 9.18 Å². The highest BCUT2D eigenvalue weighted by Crippen LogP contribution is 2.27. The first-order chi connectivity index (χ1) is 11.6. The van der Waals surface area contributed by atoms with Crippen LogP contribution in [-0.2, 0) is 18.4 Å². The van der Waals surface area contributed by atoms with Gasteiger partial charge in [-0.15, -0.1) is 10.2 Å². The zero-order valence-corrected chi connectivity index (χ0v) is 13.1. The van der Waals surface area contributed by atoms with Crippen molar-refractivity contribution in [2.24, 2.45) is 13.0 Å². The molecule has 1 aliphatic heterocycles. The van der Waals surface area contributed by atoms with Crippen molar-refractivity contribution in [3.63, 3.8) is 0 Å². The van der Waals surface area contributed by atoms with Crippen molar-refractivity contribution in [1.82, 2.24) is 25.5 Å². The highest BCUT2D eigenvalue weighted by Gasteiger charge is 2.29. The lowest BCUT2D eigenvalue weighted by molar-refractivity contribution is -0.124. The summed E-state index contributed by atoms with van der Waals surface area (Å²) in [4.78, 5) is 15.4. The molecular weight excluding hydrogens is 313 g/mol. The lowest BCUT2D eigenvalue weighted by Crippen LogP contribution is -2.32. The molecule has 1 atom stereocenters. The molecule has 2 aromatic rings. The monoisotopic (exact) mass is 329 g/mol. The second-order valence-corrected chi connectivity index (χ2v) is 5.62. The second-order valence-electron chi connectivity index (χ2n) is 5.62. The minimum absolute atomic E-state index is 0.112. The van der Waals surface area contributed by atoms with Gasteiger partial charge in [0.25, 0.3) is 0 Å². The van der Waals surface area contributed by atoms with Crippen molar-refractivity contribution in [1.29, 1.82) is 5.26 Å². The number of carbonyl (C=O) groups is 1. The van der Waals surface area contributed by atoms with E-state index in [1.54, 1.807) is 19.2 Å². The molecule has 1 saturated heterocycles. The summed E-state index contributed by atoms with van der Waals surface area (Å²) in [7, 11) is 1.65. The SMILES string of the molecule is Cn1nnc(CNC(=O)C2CCN(c3ccc(C#N)cc3F)C2)n1. The molecule has 0 aliphatic carbocycles. The largest absolute Gasteiger partial charge is 0.368 e. The van der Waals surface area contributed by atoms with Gasteiger partial charge in [-0.2, -0.15) is 10.1 Å². The first kappa shape index (κ1) is 15.9. The number of anilines is 1. The van der Waals surface area contributed by atoms with Gasteiger partial charge in [0, 0.05) is 13.1 Å². The van der Waals surface area contributed by atoms with E-state index in [0.717, 1.165) is 0 Å². The predicted molar refractivity (Wildman–Crippen MR) is 82.1 cm³/mol. The fourth-order valence-corrected chi connectivity index (χ4v) is 2.73. The molecule has 0 saturated carbocycles. The number of hydrogen-bond donors (Lipinski definition) is 1. The molecule has 1 amide bonds. The smallest absolute Gasteiger partial charge is 0.225 e. The van der Waals surface area contributed by atoms with Crippen molar-refractivity contribution in [2.45, 2.75) is 13.0 Å². The molecular formula is C15H16FN7O. The van der Waals surface area contributed by atoms with E-state index in [1.807, 2.05) is 11.0 Å². The normalized spacial score (nSPS) is 16.9. The van der Waals surface area contributed by atoms with E-state index >= 15 is 0 Å². The maximum absolute atomic E-state index is 14.1. The molecule has 8 nitrogen and oxygen atoms in total. The van der Waals surface area contributed by atoms with Crippen molar-refractivity contribution in [3.05, 3.63) is 35.4 Å². The molecule has 9 heteroatoms. The van der Waals surface area contributed by atoms with Crippen LogP contribution in [0, 0.1) is 23.1 Å². The lowest BCUT2D eigenvalue weighted by atomic mass is 10.1. The number of nitriles is 1. The Balaban J connectivity index is 1.58. The molecule has 2 heterocycles. The summed E-state index contributed by atoms with van der Waals surface area (Å²) in [6.45, 7) is 1.24. The molecule has 24 heavy (non-hydrogen) atoms. The van der Waals surface area contributed by atoms with Gasteiger partial charge < -0.3 is 10.2 Å². The third-order valence-electron chi connectivity index (χ3n) is 3.95. The standard InChI is InChI=1S/C15H16FN7O/c1-22-20-14(19-21-22)8-18-15(24)11-4-5-23(9-11)13-3-2-10(7-17)6-12(13)16/h2-3,6,11H,4-5,8-9H2,1H3,(H,18,24). The number of nitrogens with zero attached hydrogens (tertiary/aromatic N) is 6. The van der Waals surface area contributed by atoms with Gasteiger partial charge in [0.05, 0.1) is 36.8 Å². The van der Waals surface area contributed by atoms with E-state index in [-0.39, 0.29) is 23.9 Å². The molecule has 1 N–H and O–H groups in total. The van der Waals surface area contributed by atoms with Gasteiger partial charge in [0.1, 0.15) is 5.82 Å². The number of aromatic nitrogens is 4. The topological polar surface area (TPSA) is 99.7 Å². The summed E-state index contributed by atoms with van der Waals surface area (Å²) in [6.07, 6.45) is 0.638. The average molecular weight is 329 g/mol. The summed E-state index contributed by atoms with van der Waals surface area (Å²) >= 11 is 0. The van der Waals surface area contributed by atoms with E-state index in [2.05, 4.69) is 20.7 Å². The first-order valence-electron chi connectivity index (χ1n) is 7.52. The summed E-state index contributed by atoms with van der Waals surface area (Å²) in [6, 6.07) is 6.27. The van der Waals surface area contributed by atoms with Gasteiger partial charge >= 0.3 is 0 Å². The maximum atomic E-state index is 14.1. The number of rotatable bonds is 4. The van der Waals surface area contributed by atoms with Crippen LogP contribution in [0.1, 0.15) is 17.8 Å².